The van der Waals surface area contributed by atoms with Crippen molar-refractivity contribution in [3.8, 4) is 0 Å². The summed E-state index contributed by atoms with van der Waals surface area (Å²) in [6.45, 7) is 14.4. The number of aryl methyl sites for hydroxylation is 2. The predicted octanol–water partition coefficient (Wildman–Crippen LogP) is 4.42. The Morgan fingerprint density at radius 3 is 2.50 bits per heavy atom. The van der Waals surface area contributed by atoms with Gasteiger partial charge in [-0.1, -0.05) is 24.6 Å². The third kappa shape index (κ3) is 5.92. The van der Waals surface area contributed by atoms with Gasteiger partial charge < -0.3 is 5.32 Å². The Bertz CT molecular complexity index is 379. The van der Waals surface area contributed by atoms with E-state index < -0.39 is 0 Å². The minimum Gasteiger partial charge on any atom is -0.312 e. The Hall–Kier alpha value is -0.470. The van der Waals surface area contributed by atoms with Crippen LogP contribution in [0.2, 0.25) is 0 Å². The number of rotatable bonds is 5. The monoisotopic (exact) mass is 265 g/mol. The second-order valence-corrected chi connectivity index (χ2v) is 7.38. The highest BCUT2D eigenvalue weighted by Crippen LogP contribution is 2.25. The summed E-state index contributed by atoms with van der Waals surface area (Å²) in [5.41, 5.74) is 2.96. The fraction of sp³-hybridized carbons (Fsp3) is 0.625. The summed E-state index contributed by atoms with van der Waals surface area (Å²) in [6, 6.07) is 6.70. The zero-order chi connectivity index (χ0) is 13.8. The van der Waals surface area contributed by atoms with E-state index in [1.165, 1.54) is 21.8 Å². The molecule has 0 bridgehead atoms. The zero-order valence-corrected chi connectivity index (χ0v) is 13.4. The largest absolute Gasteiger partial charge is 0.312 e. The molecular formula is C16H27NS. The van der Waals surface area contributed by atoms with Gasteiger partial charge in [0, 0.05) is 16.2 Å². The molecule has 1 nitrogen and oxygen atoms in total. The normalized spacial score (nSPS) is 13.7. The Morgan fingerprint density at radius 1 is 1.22 bits per heavy atom. The average Bonchev–Trinajstić information content (AvgIpc) is 2.26. The van der Waals surface area contributed by atoms with Crippen LogP contribution in [-0.4, -0.2) is 17.8 Å². The second-order valence-electron chi connectivity index (χ2n) is 6.32. The molecule has 2 heteroatoms. The molecule has 102 valence electrons. The van der Waals surface area contributed by atoms with Gasteiger partial charge in [0.05, 0.1) is 0 Å². The first-order valence-electron chi connectivity index (χ1n) is 6.73. The number of hydrogen-bond donors (Lipinski definition) is 1. The molecule has 0 heterocycles. The molecule has 0 aliphatic carbocycles. The molecule has 0 spiro atoms. The molecule has 0 saturated heterocycles. The Kier molecular flexibility index (Phi) is 5.74. The molecule has 18 heavy (non-hydrogen) atoms. The summed E-state index contributed by atoms with van der Waals surface area (Å²) in [5.74, 6) is 1.86. The second kappa shape index (κ2) is 6.63. The van der Waals surface area contributed by atoms with Crippen molar-refractivity contribution in [2.75, 3.05) is 12.3 Å². The van der Waals surface area contributed by atoms with Crippen molar-refractivity contribution in [1.29, 1.82) is 0 Å². The molecular weight excluding hydrogens is 238 g/mol. The van der Waals surface area contributed by atoms with Crippen LogP contribution in [0.25, 0.3) is 0 Å². The quantitative estimate of drug-likeness (QED) is 0.791. The van der Waals surface area contributed by atoms with Crippen molar-refractivity contribution in [1.82, 2.24) is 5.32 Å². The predicted molar refractivity (Wildman–Crippen MR) is 83.6 cm³/mol. The molecule has 0 amide bonds. The van der Waals surface area contributed by atoms with E-state index in [0.29, 0.717) is 5.92 Å². The van der Waals surface area contributed by atoms with Crippen molar-refractivity contribution in [2.24, 2.45) is 5.92 Å². The number of benzene rings is 1. The molecule has 0 radical (unpaired) electrons. The maximum Gasteiger partial charge on any atom is 0.0104 e. The third-order valence-corrected chi connectivity index (χ3v) is 4.33. The first kappa shape index (κ1) is 15.6. The van der Waals surface area contributed by atoms with E-state index in [4.69, 9.17) is 0 Å². The maximum absolute atomic E-state index is 3.57. The third-order valence-electron chi connectivity index (χ3n) is 2.85. The molecule has 0 aromatic heterocycles. The van der Waals surface area contributed by atoms with Gasteiger partial charge >= 0.3 is 0 Å². The average molecular weight is 265 g/mol. The molecule has 1 aromatic carbocycles. The van der Waals surface area contributed by atoms with Crippen LogP contribution in [0.15, 0.2) is 23.1 Å². The molecule has 1 N–H and O–H groups in total. The van der Waals surface area contributed by atoms with Crippen molar-refractivity contribution < 1.29 is 0 Å². The topological polar surface area (TPSA) is 12.0 Å². The van der Waals surface area contributed by atoms with Gasteiger partial charge in [-0.3, -0.25) is 0 Å². The van der Waals surface area contributed by atoms with Gasteiger partial charge in [0.25, 0.3) is 0 Å². The van der Waals surface area contributed by atoms with Crippen molar-refractivity contribution in [3.63, 3.8) is 0 Å². The molecule has 0 saturated carbocycles. The van der Waals surface area contributed by atoms with Gasteiger partial charge in [0.15, 0.2) is 0 Å². The molecule has 0 aliphatic rings. The van der Waals surface area contributed by atoms with Gasteiger partial charge in [-0.05, 0) is 58.7 Å². The summed E-state index contributed by atoms with van der Waals surface area (Å²) in [5, 5.41) is 3.57. The van der Waals surface area contributed by atoms with Crippen molar-refractivity contribution in [2.45, 2.75) is 52.0 Å². The van der Waals surface area contributed by atoms with Crippen LogP contribution >= 0.6 is 11.8 Å². The van der Waals surface area contributed by atoms with Crippen LogP contribution in [0.5, 0.6) is 0 Å². The van der Waals surface area contributed by atoms with E-state index in [1.54, 1.807) is 0 Å². The van der Waals surface area contributed by atoms with Crippen LogP contribution in [0.3, 0.4) is 0 Å². The Labute approximate surface area is 117 Å². The highest BCUT2D eigenvalue weighted by Gasteiger charge is 2.11. The smallest absolute Gasteiger partial charge is 0.0104 e. The Morgan fingerprint density at radius 2 is 1.89 bits per heavy atom. The lowest BCUT2D eigenvalue weighted by molar-refractivity contribution is 0.395. The fourth-order valence-corrected chi connectivity index (χ4v) is 2.78. The van der Waals surface area contributed by atoms with Gasteiger partial charge in [-0.2, -0.15) is 0 Å². The van der Waals surface area contributed by atoms with Crippen molar-refractivity contribution in [3.05, 3.63) is 29.3 Å². The summed E-state index contributed by atoms with van der Waals surface area (Å²) in [4.78, 5) is 1.43. The summed E-state index contributed by atoms with van der Waals surface area (Å²) in [7, 11) is 0. The number of nitrogens with one attached hydrogen (secondary N) is 1. The summed E-state index contributed by atoms with van der Waals surface area (Å²) >= 11 is 1.98. The minimum absolute atomic E-state index is 0.220. The Balaban J connectivity index is 2.42. The number of thioether (sulfide) groups is 1. The standard InChI is InChI=1S/C16H27NS/c1-12-7-8-14(3)15(9-12)18-11-13(2)10-17-16(4,5)6/h7-9,13,17H,10-11H2,1-6H3. The first-order chi connectivity index (χ1) is 8.28. The molecule has 0 fully saturated rings. The van der Waals surface area contributed by atoms with E-state index in [-0.39, 0.29) is 5.54 Å². The fourth-order valence-electron chi connectivity index (χ4n) is 1.63. The van der Waals surface area contributed by atoms with Crippen LogP contribution in [0, 0.1) is 19.8 Å². The zero-order valence-electron chi connectivity index (χ0n) is 12.6. The summed E-state index contributed by atoms with van der Waals surface area (Å²) < 4.78 is 0. The van der Waals surface area contributed by atoms with E-state index in [9.17, 15) is 0 Å². The minimum atomic E-state index is 0.220. The summed E-state index contributed by atoms with van der Waals surface area (Å²) in [6.07, 6.45) is 0. The van der Waals surface area contributed by atoms with Crippen molar-refractivity contribution >= 4 is 11.8 Å². The van der Waals surface area contributed by atoms with Gasteiger partial charge in [0.2, 0.25) is 0 Å². The van der Waals surface area contributed by atoms with Crippen LogP contribution in [-0.2, 0) is 0 Å². The van der Waals surface area contributed by atoms with Gasteiger partial charge in [-0.25, -0.2) is 0 Å². The molecule has 1 rings (SSSR count). The molecule has 1 unspecified atom stereocenters. The highest BCUT2D eigenvalue weighted by molar-refractivity contribution is 7.99. The van der Waals surface area contributed by atoms with E-state index in [1.807, 2.05) is 11.8 Å². The SMILES string of the molecule is Cc1ccc(C)c(SCC(C)CNC(C)(C)C)c1. The van der Waals surface area contributed by atoms with Gasteiger partial charge in [-0.15, -0.1) is 11.8 Å². The van der Waals surface area contributed by atoms with E-state index in [0.717, 1.165) is 6.54 Å². The maximum atomic E-state index is 3.57. The first-order valence-corrected chi connectivity index (χ1v) is 7.71. The van der Waals surface area contributed by atoms with Crippen LogP contribution in [0.4, 0.5) is 0 Å². The molecule has 1 atom stereocenters. The molecule has 0 aliphatic heterocycles. The van der Waals surface area contributed by atoms with Gasteiger partial charge in [0.1, 0.15) is 0 Å². The highest BCUT2D eigenvalue weighted by atomic mass is 32.2. The van der Waals surface area contributed by atoms with E-state index >= 15 is 0 Å². The van der Waals surface area contributed by atoms with E-state index in [2.05, 4.69) is 65.1 Å². The van der Waals surface area contributed by atoms with Crippen LogP contribution < -0.4 is 5.32 Å². The molecule has 1 aromatic rings. The van der Waals surface area contributed by atoms with Crippen LogP contribution in [0.1, 0.15) is 38.8 Å². The lowest BCUT2D eigenvalue weighted by atomic mass is 10.1. The lowest BCUT2D eigenvalue weighted by Crippen LogP contribution is -2.39. The lowest BCUT2D eigenvalue weighted by Gasteiger charge is -2.23. The number of hydrogen-bond acceptors (Lipinski definition) is 2.